The molecule has 0 aliphatic heterocycles. The Kier molecular flexibility index (Phi) is 8.53. The SMILES string of the molecule is CC(C)Oc1ccc(NC(=NCC(=O)NC(C)(C)C)NCC(C)N(C)C2CC2)cc1. The molecule has 168 valence electrons. The van der Waals surface area contributed by atoms with Gasteiger partial charge in [-0.15, -0.1) is 0 Å². The molecule has 0 aromatic heterocycles. The van der Waals surface area contributed by atoms with Gasteiger partial charge >= 0.3 is 0 Å². The van der Waals surface area contributed by atoms with Crippen molar-refractivity contribution in [3.63, 3.8) is 0 Å². The van der Waals surface area contributed by atoms with Crippen molar-refractivity contribution in [3.8, 4) is 5.75 Å². The fourth-order valence-corrected chi connectivity index (χ4v) is 3.00. The monoisotopic (exact) mass is 417 g/mol. The molecule has 1 amide bonds. The van der Waals surface area contributed by atoms with Gasteiger partial charge in [-0.1, -0.05) is 0 Å². The van der Waals surface area contributed by atoms with Gasteiger partial charge in [-0.2, -0.15) is 0 Å². The Balaban J connectivity index is 2.01. The third-order valence-electron chi connectivity index (χ3n) is 4.77. The summed E-state index contributed by atoms with van der Waals surface area (Å²) < 4.78 is 5.70. The number of ether oxygens (including phenoxy) is 1. The van der Waals surface area contributed by atoms with E-state index < -0.39 is 0 Å². The molecule has 0 bridgehead atoms. The van der Waals surface area contributed by atoms with Crippen molar-refractivity contribution >= 4 is 17.6 Å². The first-order chi connectivity index (χ1) is 14.0. The molecule has 0 saturated heterocycles. The van der Waals surface area contributed by atoms with Gasteiger partial charge in [0.15, 0.2) is 5.96 Å². The number of nitrogens with one attached hydrogen (secondary N) is 3. The number of hydrogen-bond acceptors (Lipinski definition) is 4. The number of likely N-dealkylation sites (N-methyl/N-ethyl adjacent to an activating group) is 1. The molecule has 3 N–H and O–H groups in total. The first-order valence-electron chi connectivity index (χ1n) is 10.9. The Hall–Kier alpha value is -2.28. The number of carbonyl (C=O) groups is 1. The smallest absolute Gasteiger partial charge is 0.242 e. The van der Waals surface area contributed by atoms with E-state index in [0.717, 1.165) is 18.0 Å². The normalized spacial score (nSPS) is 15.8. The van der Waals surface area contributed by atoms with E-state index in [1.54, 1.807) is 0 Å². The molecule has 7 heteroatoms. The van der Waals surface area contributed by atoms with Crippen molar-refractivity contribution in [2.75, 3.05) is 25.5 Å². The Morgan fingerprint density at radius 2 is 1.83 bits per heavy atom. The van der Waals surface area contributed by atoms with Crippen molar-refractivity contribution < 1.29 is 9.53 Å². The molecule has 1 unspecified atom stereocenters. The minimum absolute atomic E-state index is 0.0635. The highest BCUT2D eigenvalue weighted by molar-refractivity contribution is 5.95. The Bertz CT molecular complexity index is 705. The summed E-state index contributed by atoms with van der Waals surface area (Å²) in [7, 11) is 2.17. The number of carbonyl (C=O) groups excluding carboxylic acids is 1. The van der Waals surface area contributed by atoms with Gasteiger partial charge in [-0.05, 0) is 85.7 Å². The fourth-order valence-electron chi connectivity index (χ4n) is 3.00. The summed E-state index contributed by atoms with van der Waals surface area (Å²) in [5.74, 6) is 1.31. The van der Waals surface area contributed by atoms with Crippen LogP contribution in [0.4, 0.5) is 5.69 Å². The van der Waals surface area contributed by atoms with Crippen LogP contribution in [0.3, 0.4) is 0 Å². The van der Waals surface area contributed by atoms with Gasteiger partial charge in [0.2, 0.25) is 5.91 Å². The standard InChI is InChI=1S/C23H39N5O2/c1-16(2)30-20-12-8-18(9-13-20)26-22(25-15-21(29)27-23(4,5)6)24-14-17(3)28(7)19-10-11-19/h8-9,12-13,16-17,19H,10-11,14-15H2,1-7H3,(H,27,29)(H2,24,25,26). The van der Waals surface area contributed by atoms with Gasteiger partial charge in [-0.25, -0.2) is 4.99 Å². The largest absolute Gasteiger partial charge is 0.491 e. The average molecular weight is 418 g/mol. The molecule has 1 fully saturated rings. The molecule has 30 heavy (non-hydrogen) atoms. The Morgan fingerprint density at radius 3 is 2.37 bits per heavy atom. The maximum atomic E-state index is 12.2. The van der Waals surface area contributed by atoms with Gasteiger partial charge in [0.25, 0.3) is 0 Å². The number of aliphatic imine (C=N–C) groups is 1. The number of anilines is 1. The molecule has 1 aliphatic carbocycles. The lowest BCUT2D eigenvalue weighted by atomic mass is 10.1. The number of rotatable bonds is 9. The Morgan fingerprint density at radius 1 is 1.20 bits per heavy atom. The van der Waals surface area contributed by atoms with Crippen LogP contribution in [0, 0.1) is 0 Å². The summed E-state index contributed by atoms with van der Waals surface area (Å²) in [5, 5.41) is 9.63. The van der Waals surface area contributed by atoms with Crippen molar-refractivity contribution in [3.05, 3.63) is 24.3 Å². The highest BCUT2D eigenvalue weighted by Gasteiger charge is 2.29. The van der Waals surface area contributed by atoms with E-state index in [9.17, 15) is 4.79 Å². The lowest BCUT2D eigenvalue weighted by Crippen LogP contribution is -2.44. The van der Waals surface area contributed by atoms with E-state index in [1.165, 1.54) is 12.8 Å². The van der Waals surface area contributed by atoms with Crippen LogP contribution in [-0.2, 0) is 4.79 Å². The van der Waals surface area contributed by atoms with Crippen molar-refractivity contribution in [2.45, 2.75) is 78.1 Å². The lowest BCUT2D eigenvalue weighted by Gasteiger charge is -2.25. The van der Waals surface area contributed by atoms with Crippen molar-refractivity contribution in [1.82, 2.24) is 15.5 Å². The third-order valence-corrected chi connectivity index (χ3v) is 4.77. The zero-order valence-electron chi connectivity index (χ0n) is 19.6. The third kappa shape index (κ3) is 9.03. The van der Waals surface area contributed by atoms with Gasteiger partial charge in [0.1, 0.15) is 12.3 Å². The summed E-state index contributed by atoms with van der Waals surface area (Å²) >= 11 is 0. The minimum Gasteiger partial charge on any atom is -0.491 e. The second-order valence-electron chi connectivity index (χ2n) is 9.41. The summed E-state index contributed by atoms with van der Waals surface area (Å²) in [4.78, 5) is 19.1. The van der Waals surface area contributed by atoms with E-state index in [-0.39, 0.29) is 24.1 Å². The molecular weight excluding hydrogens is 378 g/mol. The molecule has 7 nitrogen and oxygen atoms in total. The molecule has 1 aromatic rings. The van der Waals surface area contributed by atoms with E-state index in [2.05, 4.69) is 39.8 Å². The van der Waals surface area contributed by atoms with E-state index in [0.29, 0.717) is 18.0 Å². The molecule has 2 rings (SSSR count). The molecule has 1 aliphatic rings. The Labute approximate surface area is 181 Å². The van der Waals surface area contributed by atoms with Gasteiger partial charge in [0, 0.05) is 29.9 Å². The summed E-state index contributed by atoms with van der Waals surface area (Å²) in [6.07, 6.45) is 2.68. The van der Waals surface area contributed by atoms with Gasteiger partial charge < -0.3 is 20.7 Å². The van der Waals surface area contributed by atoms with Crippen LogP contribution in [0.1, 0.15) is 54.4 Å². The molecule has 1 aromatic carbocycles. The molecular formula is C23H39N5O2. The number of amides is 1. The molecule has 0 spiro atoms. The zero-order chi connectivity index (χ0) is 22.3. The summed E-state index contributed by atoms with van der Waals surface area (Å²) in [6, 6.07) is 8.81. The van der Waals surface area contributed by atoms with Crippen LogP contribution in [-0.4, -0.2) is 60.6 Å². The van der Waals surface area contributed by atoms with Crippen LogP contribution in [0.15, 0.2) is 29.3 Å². The second kappa shape index (κ2) is 10.7. The molecule has 1 atom stereocenters. The maximum Gasteiger partial charge on any atom is 0.242 e. The van der Waals surface area contributed by atoms with Gasteiger partial charge in [0.05, 0.1) is 6.10 Å². The highest BCUT2D eigenvalue weighted by atomic mass is 16.5. The minimum atomic E-state index is -0.276. The average Bonchev–Trinajstić information content (AvgIpc) is 3.47. The first kappa shape index (κ1) is 24.0. The zero-order valence-corrected chi connectivity index (χ0v) is 19.6. The highest BCUT2D eigenvalue weighted by Crippen LogP contribution is 2.26. The summed E-state index contributed by atoms with van der Waals surface area (Å²) in [6.45, 7) is 12.9. The van der Waals surface area contributed by atoms with Crippen LogP contribution in [0.2, 0.25) is 0 Å². The van der Waals surface area contributed by atoms with Crippen LogP contribution in [0.5, 0.6) is 5.75 Å². The van der Waals surface area contributed by atoms with E-state index in [4.69, 9.17) is 4.74 Å². The van der Waals surface area contributed by atoms with Gasteiger partial charge in [-0.3, -0.25) is 9.69 Å². The molecule has 1 saturated carbocycles. The second-order valence-corrected chi connectivity index (χ2v) is 9.41. The molecule has 0 radical (unpaired) electrons. The lowest BCUT2D eigenvalue weighted by molar-refractivity contribution is -0.121. The van der Waals surface area contributed by atoms with Crippen molar-refractivity contribution in [1.29, 1.82) is 0 Å². The topological polar surface area (TPSA) is 78.0 Å². The predicted octanol–water partition coefficient (Wildman–Crippen LogP) is 3.23. The molecule has 0 heterocycles. The predicted molar refractivity (Wildman–Crippen MR) is 124 cm³/mol. The number of benzene rings is 1. The summed E-state index contributed by atoms with van der Waals surface area (Å²) in [5.41, 5.74) is 0.609. The van der Waals surface area contributed by atoms with Crippen LogP contribution >= 0.6 is 0 Å². The fraction of sp³-hybridized carbons (Fsp3) is 0.652. The number of guanidine groups is 1. The van der Waals surface area contributed by atoms with Crippen LogP contribution < -0.4 is 20.7 Å². The van der Waals surface area contributed by atoms with E-state index in [1.807, 2.05) is 58.9 Å². The quantitative estimate of drug-likeness (QED) is 0.425. The van der Waals surface area contributed by atoms with Crippen LogP contribution in [0.25, 0.3) is 0 Å². The number of hydrogen-bond donors (Lipinski definition) is 3. The van der Waals surface area contributed by atoms with Crippen molar-refractivity contribution in [2.24, 2.45) is 4.99 Å². The number of nitrogens with zero attached hydrogens (tertiary/aromatic N) is 2. The first-order valence-corrected chi connectivity index (χ1v) is 10.9. The van der Waals surface area contributed by atoms with E-state index >= 15 is 0 Å². The maximum absolute atomic E-state index is 12.2.